The van der Waals surface area contributed by atoms with Crippen LogP contribution in [0.5, 0.6) is 0 Å². The van der Waals surface area contributed by atoms with Crippen LogP contribution in [0.1, 0.15) is 12.6 Å². The quantitative estimate of drug-likeness (QED) is 0.418. The minimum Gasteiger partial charge on any atom is -0.464 e. The third-order valence-electron chi connectivity index (χ3n) is 4.12. The maximum atomic E-state index is 11.9. The molecule has 2 aromatic rings. The minimum atomic E-state index is -3.59. The van der Waals surface area contributed by atoms with Crippen LogP contribution in [-0.4, -0.2) is 53.6 Å². The van der Waals surface area contributed by atoms with Gasteiger partial charge in [-0.15, -0.1) is 11.8 Å². The largest absolute Gasteiger partial charge is 0.464 e. The van der Waals surface area contributed by atoms with E-state index in [1.807, 2.05) is 0 Å². The van der Waals surface area contributed by atoms with Crippen molar-refractivity contribution in [2.75, 3.05) is 18.6 Å². The van der Waals surface area contributed by atoms with Gasteiger partial charge in [-0.1, -0.05) is 0 Å². The van der Waals surface area contributed by atoms with Crippen molar-refractivity contribution < 1.29 is 22.9 Å². The predicted octanol–water partition coefficient (Wildman–Crippen LogP) is 1.92. The second kappa shape index (κ2) is 6.97. The zero-order valence-electron chi connectivity index (χ0n) is 14.8. The molecular weight excluding hydrogens is 394 g/mol. The summed E-state index contributed by atoms with van der Waals surface area (Å²) in [7, 11) is -1.92. The molecule has 27 heavy (non-hydrogen) atoms. The number of aryl methyl sites for hydroxylation is 1. The first-order chi connectivity index (χ1) is 12.6. The number of hydrogen-bond acceptors (Lipinski definition) is 8. The van der Waals surface area contributed by atoms with Crippen molar-refractivity contribution >= 4 is 49.2 Å². The number of nitrogens with zero attached hydrogens (tertiary/aromatic N) is 3. The molecule has 9 nitrogen and oxygen atoms in total. The highest BCUT2D eigenvalue weighted by Crippen LogP contribution is 2.34. The van der Waals surface area contributed by atoms with Crippen LogP contribution < -0.4 is 0 Å². The van der Waals surface area contributed by atoms with Gasteiger partial charge >= 0.3 is 5.97 Å². The lowest BCUT2D eigenvalue weighted by atomic mass is 10.2. The molecule has 2 heterocycles. The Labute approximate surface area is 159 Å². The number of aromatic nitrogens is 1. The Hall–Kier alpha value is -2.40. The van der Waals surface area contributed by atoms with E-state index >= 15 is 0 Å². The lowest BCUT2D eigenvalue weighted by Gasteiger charge is -2.05. The van der Waals surface area contributed by atoms with Crippen molar-refractivity contribution in [2.24, 2.45) is 12.0 Å². The van der Waals surface area contributed by atoms with E-state index in [-0.39, 0.29) is 29.2 Å². The Morgan fingerprint density at radius 1 is 1.44 bits per heavy atom. The van der Waals surface area contributed by atoms with E-state index in [0.29, 0.717) is 27.4 Å². The third-order valence-corrected chi connectivity index (χ3v) is 6.35. The molecule has 1 aliphatic heterocycles. The number of thioether (sulfide) groups is 1. The van der Waals surface area contributed by atoms with Crippen LogP contribution in [0.3, 0.4) is 0 Å². The van der Waals surface area contributed by atoms with Gasteiger partial charge < -0.3 is 9.30 Å². The molecule has 0 bridgehead atoms. The van der Waals surface area contributed by atoms with Crippen LogP contribution in [0.4, 0.5) is 5.69 Å². The number of hydrogen-bond donors (Lipinski definition) is 0. The van der Waals surface area contributed by atoms with Gasteiger partial charge in [0.25, 0.3) is 5.69 Å². The molecule has 0 fully saturated rings. The number of nitro groups is 1. The lowest BCUT2D eigenvalue weighted by molar-refractivity contribution is -0.383. The Morgan fingerprint density at radius 2 is 2.15 bits per heavy atom. The lowest BCUT2D eigenvalue weighted by Crippen LogP contribution is -2.15. The molecule has 1 aromatic heterocycles. The SMILES string of the molecule is CC(=O)OCC1CSC(c2cc3cc(S(C)(=O)=O)cc([N+](=O)[O-])c3n2C)=N1. The summed E-state index contributed by atoms with van der Waals surface area (Å²) < 4.78 is 30.4. The van der Waals surface area contributed by atoms with E-state index in [9.17, 15) is 23.3 Å². The van der Waals surface area contributed by atoms with E-state index in [0.717, 1.165) is 12.3 Å². The number of nitro benzene ring substituents is 1. The zero-order chi connectivity index (χ0) is 19.9. The smallest absolute Gasteiger partial charge is 0.302 e. The number of carbonyl (C=O) groups is 1. The topological polar surface area (TPSA) is 121 Å². The highest BCUT2D eigenvalue weighted by atomic mass is 32.2. The molecule has 11 heteroatoms. The van der Waals surface area contributed by atoms with Gasteiger partial charge in [0.1, 0.15) is 17.2 Å². The standard InChI is InChI=1S/C16H17N3O6S2/c1-9(20)25-7-11-8-26-16(17-11)14-5-10-4-12(27(3,23)24)6-13(19(21)22)15(10)18(14)2/h4-6,11H,7-8H2,1-3H3. The average molecular weight is 411 g/mol. The summed E-state index contributed by atoms with van der Waals surface area (Å²) in [6, 6.07) is 4.01. The maximum absolute atomic E-state index is 11.9. The predicted molar refractivity (Wildman–Crippen MR) is 102 cm³/mol. The first-order valence-electron chi connectivity index (χ1n) is 7.90. The summed E-state index contributed by atoms with van der Waals surface area (Å²) in [4.78, 5) is 26.3. The molecule has 0 amide bonds. The number of benzene rings is 1. The zero-order valence-corrected chi connectivity index (χ0v) is 16.5. The van der Waals surface area contributed by atoms with Gasteiger partial charge in [0.05, 0.1) is 21.6 Å². The van der Waals surface area contributed by atoms with E-state index in [1.54, 1.807) is 17.7 Å². The first-order valence-corrected chi connectivity index (χ1v) is 10.8. The van der Waals surface area contributed by atoms with Gasteiger partial charge in [0.15, 0.2) is 9.84 Å². The Balaban J connectivity index is 2.10. The second-order valence-electron chi connectivity index (χ2n) is 6.20. The summed E-state index contributed by atoms with van der Waals surface area (Å²) in [5, 5.41) is 12.6. The van der Waals surface area contributed by atoms with Crippen LogP contribution in [-0.2, 0) is 26.4 Å². The van der Waals surface area contributed by atoms with Gasteiger partial charge in [0.2, 0.25) is 0 Å². The monoisotopic (exact) mass is 411 g/mol. The fraction of sp³-hybridized carbons (Fsp3) is 0.375. The number of esters is 1. The fourth-order valence-corrected chi connectivity index (χ4v) is 4.62. The van der Waals surface area contributed by atoms with Gasteiger partial charge in [0, 0.05) is 37.4 Å². The molecular formula is C16H17N3O6S2. The molecule has 1 aliphatic rings. The minimum absolute atomic E-state index is 0.104. The van der Waals surface area contributed by atoms with Crippen LogP contribution in [0, 0.1) is 10.1 Å². The van der Waals surface area contributed by atoms with Crippen molar-refractivity contribution in [3.63, 3.8) is 0 Å². The molecule has 1 atom stereocenters. The van der Waals surface area contributed by atoms with E-state index in [2.05, 4.69) is 4.99 Å². The number of fused-ring (bicyclic) bond motifs is 1. The number of rotatable bonds is 5. The molecule has 0 N–H and O–H groups in total. The van der Waals surface area contributed by atoms with Crippen LogP contribution in [0.2, 0.25) is 0 Å². The maximum Gasteiger partial charge on any atom is 0.302 e. The van der Waals surface area contributed by atoms with E-state index in [1.165, 1.54) is 24.8 Å². The molecule has 0 saturated heterocycles. The Morgan fingerprint density at radius 3 is 2.74 bits per heavy atom. The summed E-state index contributed by atoms with van der Waals surface area (Å²) >= 11 is 1.46. The van der Waals surface area contributed by atoms with Gasteiger partial charge in [-0.2, -0.15) is 0 Å². The van der Waals surface area contributed by atoms with E-state index < -0.39 is 14.8 Å². The highest BCUT2D eigenvalue weighted by Gasteiger charge is 2.27. The van der Waals surface area contributed by atoms with Gasteiger partial charge in [-0.3, -0.25) is 19.9 Å². The number of sulfone groups is 1. The Bertz CT molecular complexity index is 1090. The van der Waals surface area contributed by atoms with Gasteiger partial charge in [-0.05, 0) is 12.1 Å². The molecule has 1 aromatic carbocycles. The molecule has 144 valence electrons. The molecule has 1 unspecified atom stereocenters. The number of non-ortho nitro benzene ring substituents is 1. The fourth-order valence-electron chi connectivity index (χ4n) is 2.87. The van der Waals surface area contributed by atoms with Crippen LogP contribution in [0.15, 0.2) is 28.1 Å². The summed E-state index contributed by atoms with van der Waals surface area (Å²) in [5.41, 5.74) is 0.699. The van der Waals surface area contributed by atoms with Crippen molar-refractivity contribution in [3.8, 4) is 0 Å². The molecule has 3 rings (SSSR count). The number of aliphatic imine (C=N–C) groups is 1. The van der Waals surface area contributed by atoms with Crippen molar-refractivity contribution in [2.45, 2.75) is 17.9 Å². The summed E-state index contributed by atoms with van der Waals surface area (Å²) in [5.74, 6) is 0.248. The van der Waals surface area contributed by atoms with Crippen LogP contribution >= 0.6 is 11.8 Å². The normalized spacial score (nSPS) is 17.1. The Kier molecular flexibility index (Phi) is 5.00. The van der Waals surface area contributed by atoms with Gasteiger partial charge in [-0.25, -0.2) is 8.42 Å². The van der Waals surface area contributed by atoms with Crippen molar-refractivity contribution in [3.05, 3.63) is 34.0 Å². The van der Waals surface area contributed by atoms with Crippen molar-refractivity contribution in [1.82, 2.24) is 4.57 Å². The summed E-state index contributed by atoms with van der Waals surface area (Å²) in [6.07, 6.45) is 1.01. The second-order valence-corrected chi connectivity index (χ2v) is 9.22. The molecule has 0 spiro atoms. The molecule has 0 aliphatic carbocycles. The third kappa shape index (κ3) is 3.83. The van der Waals surface area contributed by atoms with E-state index in [4.69, 9.17) is 4.74 Å². The average Bonchev–Trinajstić information content (AvgIpc) is 3.16. The first kappa shape index (κ1) is 19.4. The molecule has 0 radical (unpaired) electrons. The van der Waals surface area contributed by atoms with Crippen molar-refractivity contribution in [1.29, 1.82) is 0 Å². The number of carbonyl (C=O) groups excluding carboxylic acids is 1. The highest BCUT2D eigenvalue weighted by molar-refractivity contribution is 8.14. The molecule has 0 saturated carbocycles. The van der Waals surface area contributed by atoms with Crippen LogP contribution in [0.25, 0.3) is 10.9 Å². The summed E-state index contributed by atoms with van der Waals surface area (Å²) in [6.45, 7) is 1.50. The number of ether oxygens (including phenoxy) is 1.